The Balaban J connectivity index is 1.56. The van der Waals surface area contributed by atoms with Crippen LogP contribution < -0.4 is 10.6 Å². The largest absolute Gasteiger partial charge is 0.372 e. The number of fused-ring (bicyclic) bond motifs is 1. The third-order valence-corrected chi connectivity index (χ3v) is 6.93. The lowest BCUT2D eigenvalue weighted by Gasteiger charge is -2.29. The van der Waals surface area contributed by atoms with Crippen molar-refractivity contribution in [2.45, 2.75) is 38.1 Å². The first-order valence-corrected chi connectivity index (χ1v) is 11.1. The number of anilines is 2. The molecule has 2 aromatic carbocycles. The molecule has 2 unspecified atom stereocenters. The lowest BCUT2D eigenvalue weighted by atomic mass is 9.79. The number of hydrogen-bond acceptors (Lipinski definition) is 4. The van der Waals surface area contributed by atoms with Gasteiger partial charge in [-0.2, -0.15) is 0 Å². The molecule has 3 aromatic rings. The van der Waals surface area contributed by atoms with E-state index < -0.39 is 0 Å². The number of nitrogens with one attached hydrogen (secondary N) is 2. The van der Waals surface area contributed by atoms with Crippen LogP contribution in [-0.2, 0) is 11.2 Å². The number of carbonyl (C=O) groups excluding carboxylic acids is 1. The normalized spacial score (nSPS) is 20.9. The van der Waals surface area contributed by atoms with E-state index in [2.05, 4.69) is 71.5 Å². The van der Waals surface area contributed by atoms with Crippen molar-refractivity contribution in [1.82, 2.24) is 0 Å². The van der Waals surface area contributed by atoms with Gasteiger partial charge >= 0.3 is 0 Å². The Morgan fingerprint density at radius 1 is 0.966 bits per heavy atom. The molecule has 146 valence electrons. The Morgan fingerprint density at radius 3 is 2.48 bits per heavy atom. The molecule has 1 aromatic heterocycles. The van der Waals surface area contributed by atoms with Crippen LogP contribution >= 0.6 is 11.3 Å². The molecule has 0 saturated carbocycles. The molecule has 1 aliphatic carbocycles. The quantitative estimate of drug-likeness (QED) is 0.543. The summed E-state index contributed by atoms with van der Waals surface area (Å²) in [5.41, 5.74) is 6.61. The third kappa shape index (κ3) is 3.38. The number of carbonyl (C=O) groups is 1. The zero-order chi connectivity index (χ0) is 19.8. The van der Waals surface area contributed by atoms with Crippen LogP contribution in [0.1, 0.15) is 47.7 Å². The molecule has 2 heterocycles. The van der Waals surface area contributed by atoms with Crippen LogP contribution in [0.2, 0.25) is 0 Å². The van der Waals surface area contributed by atoms with Crippen molar-refractivity contribution in [3.8, 4) is 0 Å². The van der Waals surface area contributed by atoms with Gasteiger partial charge < -0.3 is 10.6 Å². The zero-order valence-electron chi connectivity index (χ0n) is 16.4. The molecule has 0 amide bonds. The SMILES string of the molecule is CCc1ccc(C2CC(=O)C3=C(C2)Nc2ccccc2NC3c2cccs2)cc1. The van der Waals surface area contributed by atoms with Gasteiger partial charge in [0.2, 0.25) is 0 Å². The third-order valence-electron chi connectivity index (χ3n) is 6.00. The molecule has 3 nitrogen and oxygen atoms in total. The summed E-state index contributed by atoms with van der Waals surface area (Å²) < 4.78 is 0. The van der Waals surface area contributed by atoms with Crippen molar-refractivity contribution in [2.75, 3.05) is 10.6 Å². The Morgan fingerprint density at radius 2 is 1.76 bits per heavy atom. The molecule has 0 spiro atoms. The van der Waals surface area contributed by atoms with Crippen molar-refractivity contribution in [2.24, 2.45) is 0 Å². The minimum atomic E-state index is -0.0999. The lowest BCUT2D eigenvalue weighted by molar-refractivity contribution is -0.116. The van der Waals surface area contributed by atoms with Crippen molar-refractivity contribution in [1.29, 1.82) is 0 Å². The average molecular weight is 401 g/mol. The van der Waals surface area contributed by atoms with Gasteiger partial charge in [0.25, 0.3) is 0 Å². The number of para-hydroxylation sites is 2. The maximum absolute atomic E-state index is 13.4. The minimum Gasteiger partial charge on any atom is -0.372 e. The summed E-state index contributed by atoms with van der Waals surface area (Å²) in [7, 11) is 0. The summed E-state index contributed by atoms with van der Waals surface area (Å²) in [5, 5.41) is 9.31. The fourth-order valence-corrected chi connectivity index (χ4v) is 5.21. The maximum Gasteiger partial charge on any atom is 0.163 e. The second-order valence-corrected chi connectivity index (χ2v) is 8.76. The Bertz CT molecular complexity index is 1070. The molecule has 0 bridgehead atoms. The summed E-state index contributed by atoms with van der Waals surface area (Å²) in [6.45, 7) is 2.17. The highest BCUT2D eigenvalue weighted by Crippen LogP contribution is 2.44. The number of rotatable bonds is 3. The molecule has 1 aliphatic heterocycles. The molecule has 0 saturated heterocycles. The predicted octanol–water partition coefficient (Wildman–Crippen LogP) is 6.29. The van der Waals surface area contributed by atoms with Gasteiger partial charge in [-0.05, 0) is 53.5 Å². The number of thiophene rings is 1. The number of ketones is 1. The van der Waals surface area contributed by atoms with E-state index in [9.17, 15) is 4.79 Å². The van der Waals surface area contributed by atoms with Crippen LogP contribution in [0.25, 0.3) is 0 Å². The van der Waals surface area contributed by atoms with Crippen molar-refractivity contribution in [3.05, 3.63) is 93.3 Å². The molecule has 2 atom stereocenters. The molecule has 2 N–H and O–H groups in total. The number of Topliss-reactive ketones (excluding diaryl/α,β-unsaturated/α-hetero) is 1. The fraction of sp³-hybridized carbons (Fsp3) is 0.240. The van der Waals surface area contributed by atoms with Crippen molar-refractivity contribution >= 4 is 28.5 Å². The standard InChI is InChI=1S/C25H24N2OS/c1-2-16-9-11-17(12-10-16)18-14-21-24(22(28)15-18)25(23-8-5-13-29-23)27-20-7-4-3-6-19(20)26-21/h3-13,18,25-27H,2,14-15H2,1H3. The van der Waals surface area contributed by atoms with Gasteiger partial charge in [0, 0.05) is 22.6 Å². The minimum absolute atomic E-state index is 0.0999. The highest BCUT2D eigenvalue weighted by Gasteiger charge is 2.36. The Labute approximate surface area is 175 Å². The molecule has 5 rings (SSSR count). The Hall–Kier alpha value is -2.85. The van der Waals surface area contributed by atoms with Gasteiger partial charge in [-0.15, -0.1) is 11.3 Å². The topological polar surface area (TPSA) is 41.1 Å². The summed E-state index contributed by atoms with van der Waals surface area (Å²) in [6.07, 6.45) is 2.45. The predicted molar refractivity (Wildman–Crippen MR) is 121 cm³/mol. The fourth-order valence-electron chi connectivity index (χ4n) is 4.42. The number of benzene rings is 2. The van der Waals surface area contributed by atoms with E-state index in [0.29, 0.717) is 6.42 Å². The second kappa shape index (κ2) is 7.53. The van der Waals surface area contributed by atoms with Gasteiger partial charge in [0.05, 0.1) is 17.4 Å². The van der Waals surface area contributed by atoms with E-state index in [0.717, 1.165) is 35.5 Å². The molecule has 0 radical (unpaired) electrons. The molecule has 4 heteroatoms. The summed E-state index contributed by atoms with van der Waals surface area (Å²) in [5.74, 6) is 0.455. The Kier molecular flexibility index (Phi) is 4.72. The summed E-state index contributed by atoms with van der Waals surface area (Å²) in [4.78, 5) is 14.6. The first kappa shape index (κ1) is 18.2. The summed E-state index contributed by atoms with van der Waals surface area (Å²) in [6, 6.07) is 21.1. The number of hydrogen-bond donors (Lipinski definition) is 2. The van der Waals surface area contributed by atoms with Gasteiger partial charge in [-0.1, -0.05) is 49.4 Å². The first-order valence-electron chi connectivity index (χ1n) is 10.2. The maximum atomic E-state index is 13.4. The molecule has 29 heavy (non-hydrogen) atoms. The summed E-state index contributed by atoms with van der Waals surface area (Å²) >= 11 is 1.70. The van der Waals surface area contributed by atoms with Crippen molar-refractivity contribution in [3.63, 3.8) is 0 Å². The molecular formula is C25H24N2OS. The zero-order valence-corrected chi connectivity index (χ0v) is 17.3. The van der Waals surface area contributed by atoms with E-state index in [4.69, 9.17) is 0 Å². The number of aryl methyl sites for hydroxylation is 1. The van der Waals surface area contributed by atoms with Crippen LogP contribution in [0, 0.1) is 0 Å². The second-order valence-electron chi connectivity index (χ2n) is 7.78. The van der Waals surface area contributed by atoms with Gasteiger partial charge in [-0.3, -0.25) is 4.79 Å². The smallest absolute Gasteiger partial charge is 0.163 e. The first-order chi connectivity index (χ1) is 14.2. The van der Waals surface area contributed by atoms with E-state index in [-0.39, 0.29) is 17.7 Å². The molecule has 2 aliphatic rings. The van der Waals surface area contributed by atoms with Crippen molar-refractivity contribution < 1.29 is 4.79 Å². The lowest BCUT2D eigenvalue weighted by Crippen LogP contribution is -2.26. The van der Waals surface area contributed by atoms with E-state index >= 15 is 0 Å². The van der Waals surface area contributed by atoms with Gasteiger partial charge in [-0.25, -0.2) is 0 Å². The van der Waals surface area contributed by atoms with Crippen LogP contribution in [0.5, 0.6) is 0 Å². The van der Waals surface area contributed by atoms with Crippen LogP contribution in [0.15, 0.2) is 77.3 Å². The average Bonchev–Trinajstić information content (AvgIpc) is 3.22. The van der Waals surface area contributed by atoms with Crippen LogP contribution in [-0.4, -0.2) is 5.78 Å². The van der Waals surface area contributed by atoms with Crippen LogP contribution in [0.3, 0.4) is 0 Å². The van der Waals surface area contributed by atoms with E-state index in [1.165, 1.54) is 16.0 Å². The van der Waals surface area contributed by atoms with E-state index in [1.54, 1.807) is 11.3 Å². The van der Waals surface area contributed by atoms with Gasteiger partial charge in [0.1, 0.15) is 0 Å². The highest BCUT2D eigenvalue weighted by atomic mass is 32.1. The van der Waals surface area contributed by atoms with Crippen LogP contribution in [0.4, 0.5) is 11.4 Å². The number of allylic oxidation sites excluding steroid dienone is 1. The molecule has 0 fully saturated rings. The highest BCUT2D eigenvalue weighted by molar-refractivity contribution is 7.10. The van der Waals surface area contributed by atoms with Gasteiger partial charge in [0.15, 0.2) is 5.78 Å². The monoisotopic (exact) mass is 400 g/mol. The van der Waals surface area contributed by atoms with E-state index in [1.807, 2.05) is 12.1 Å². The molecular weight excluding hydrogens is 376 g/mol.